The van der Waals surface area contributed by atoms with Gasteiger partial charge in [-0.15, -0.1) is 0 Å². The predicted molar refractivity (Wildman–Crippen MR) is 66.6 cm³/mol. The third-order valence-electron chi connectivity index (χ3n) is 2.83. The Morgan fingerprint density at radius 1 is 1.18 bits per heavy atom. The average molecular weight is 246 g/mol. The summed E-state index contributed by atoms with van der Waals surface area (Å²) in [6, 6.07) is 0. The fourth-order valence-electron chi connectivity index (χ4n) is 1.71. The minimum atomic E-state index is -0.490. The number of hydrogen-bond donors (Lipinski definition) is 2. The minimum absolute atomic E-state index is 0.208. The van der Waals surface area contributed by atoms with Gasteiger partial charge in [-0.05, 0) is 26.2 Å². The van der Waals surface area contributed by atoms with Crippen LogP contribution in [0.5, 0.6) is 0 Å². The van der Waals surface area contributed by atoms with Gasteiger partial charge in [0.1, 0.15) is 0 Å². The summed E-state index contributed by atoms with van der Waals surface area (Å²) < 4.78 is 4.85. The van der Waals surface area contributed by atoms with E-state index in [9.17, 15) is 9.90 Å². The van der Waals surface area contributed by atoms with Gasteiger partial charge in [0.2, 0.25) is 0 Å². The Kier molecular flexibility index (Phi) is 10.2. The molecule has 2 unspecified atom stereocenters. The largest absolute Gasteiger partial charge is 0.466 e. The molecule has 0 aromatic carbocycles. The van der Waals surface area contributed by atoms with Crippen molar-refractivity contribution in [1.29, 1.82) is 0 Å². The van der Waals surface area contributed by atoms with Crippen molar-refractivity contribution < 1.29 is 19.7 Å². The summed E-state index contributed by atoms with van der Waals surface area (Å²) in [6.07, 6.45) is 4.71. The van der Waals surface area contributed by atoms with E-state index < -0.39 is 5.92 Å². The molecule has 0 amide bonds. The van der Waals surface area contributed by atoms with E-state index >= 15 is 0 Å². The molecule has 17 heavy (non-hydrogen) atoms. The maximum atomic E-state index is 11.4. The smallest absolute Gasteiger partial charge is 0.311 e. The van der Waals surface area contributed by atoms with E-state index in [1.54, 1.807) is 6.92 Å². The molecule has 0 bridgehead atoms. The second-order valence-electron chi connectivity index (χ2n) is 4.36. The molecular formula is C13H26O4. The fourth-order valence-corrected chi connectivity index (χ4v) is 1.71. The molecule has 0 aliphatic heterocycles. The number of aliphatic hydroxyl groups excluding tert-OH is 2. The highest BCUT2D eigenvalue weighted by atomic mass is 16.5. The first kappa shape index (κ1) is 16.4. The highest BCUT2D eigenvalue weighted by molar-refractivity contribution is 5.72. The molecule has 0 saturated heterocycles. The number of carbonyl (C=O) groups excluding carboxylic acids is 1. The lowest BCUT2D eigenvalue weighted by atomic mass is 9.99. The third kappa shape index (κ3) is 8.16. The van der Waals surface area contributed by atoms with Crippen LogP contribution in [0.4, 0.5) is 0 Å². The molecule has 0 aromatic heterocycles. The van der Waals surface area contributed by atoms with Crippen molar-refractivity contribution in [2.75, 3.05) is 13.2 Å². The van der Waals surface area contributed by atoms with Crippen LogP contribution in [0, 0.1) is 5.92 Å². The van der Waals surface area contributed by atoms with Crippen LogP contribution in [-0.4, -0.2) is 35.5 Å². The molecule has 0 rings (SSSR count). The van der Waals surface area contributed by atoms with Crippen molar-refractivity contribution in [2.24, 2.45) is 5.92 Å². The normalized spacial score (nSPS) is 14.4. The van der Waals surface area contributed by atoms with Crippen LogP contribution in [0.1, 0.15) is 52.4 Å². The third-order valence-corrected chi connectivity index (χ3v) is 2.83. The summed E-state index contributed by atoms with van der Waals surface area (Å²) in [5.74, 6) is -0.855. The number of rotatable bonds is 10. The van der Waals surface area contributed by atoms with E-state index in [1.807, 2.05) is 0 Å². The molecule has 0 aliphatic rings. The second kappa shape index (κ2) is 10.5. The van der Waals surface area contributed by atoms with Crippen LogP contribution >= 0.6 is 0 Å². The van der Waals surface area contributed by atoms with Crippen molar-refractivity contribution in [3.63, 3.8) is 0 Å². The topological polar surface area (TPSA) is 66.8 Å². The summed E-state index contributed by atoms with van der Waals surface area (Å²) in [7, 11) is 0. The lowest BCUT2D eigenvalue weighted by molar-refractivity contribution is -0.149. The van der Waals surface area contributed by atoms with Gasteiger partial charge in [-0.2, -0.15) is 0 Å². The minimum Gasteiger partial charge on any atom is -0.466 e. The Balaban J connectivity index is 3.77. The number of aliphatic hydroxyl groups is 2. The molecular weight excluding hydrogens is 220 g/mol. The number of unbranched alkanes of at least 4 members (excludes halogenated alkanes) is 2. The molecule has 0 heterocycles. The van der Waals surface area contributed by atoms with Crippen LogP contribution in [0.25, 0.3) is 0 Å². The summed E-state index contributed by atoms with van der Waals surface area (Å²) in [6.45, 7) is 3.98. The molecule has 0 fully saturated rings. The second-order valence-corrected chi connectivity index (χ2v) is 4.36. The lowest BCUT2D eigenvalue weighted by Crippen LogP contribution is -2.23. The van der Waals surface area contributed by atoms with Gasteiger partial charge in [0.25, 0.3) is 0 Å². The van der Waals surface area contributed by atoms with E-state index in [2.05, 4.69) is 6.92 Å². The number of carbonyl (C=O) groups is 1. The maximum absolute atomic E-state index is 11.4. The van der Waals surface area contributed by atoms with Crippen molar-refractivity contribution in [3.05, 3.63) is 0 Å². The van der Waals surface area contributed by atoms with Crippen LogP contribution in [-0.2, 0) is 9.53 Å². The molecule has 4 nitrogen and oxygen atoms in total. The van der Waals surface area contributed by atoms with E-state index in [-0.39, 0.29) is 18.7 Å². The zero-order valence-corrected chi connectivity index (χ0v) is 11.0. The number of ether oxygens (including phenoxy) is 1. The first-order valence-corrected chi connectivity index (χ1v) is 6.61. The van der Waals surface area contributed by atoms with Gasteiger partial charge in [0.05, 0.1) is 25.2 Å². The van der Waals surface area contributed by atoms with Gasteiger partial charge < -0.3 is 14.9 Å². The van der Waals surface area contributed by atoms with Crippen molar-refractivity contribution in [1.82, 2.24) is 0 Å². The molecule has 0 spiro atoms. The van der Waals surface area contributed by atoms with Crippen LogP contribution in [0.15, 0.2) is 0 Å². The quantitative estimate of drug-likeness (QED) is 0.456. The first-order valence-electron chi connectivity index (χ1n) is 6.61. The van der Waals surface area contributed by atoms with Crippen molar-refractivity contribution in [2.45, 2.75) is 58.5 Å². The Morgan fingerprint density at radius 2 is 1.88 bits per heavy atom. The zero-order chi connectivity index (χ0) is 13.1. The van der Waals surface area contributed by atoms with E-state index in [1.165, 1.54) is 0 Å². The van der Waals surface area contributed by atoms with E-state index in [4.69, 9.17) is 9.84 Å². The van der Waals surface area contributed by atoms with Gasteiger partial charge in [-0.3, -0.25) is 4.79 Å². The summed E-state index contributed by atoms with van der Waals surface area (Å²) in [5.41, 5.74) is 0. The fraction of sp³-hybridized carbons (Fsp3) is 0.923. The summed E-state index contributed by atoms with van der Waals surface area (Å²) in [4.78, 5) is 11.4. The van der Waals surface area contributed by atoms with E-state index in [0.29, 0.717) is 19.4 Å². The van der Waals surface area contributed by atoms with Crippen LogP contribution in [0.2, 0.25) is 0 Å². The SMILES string of the molecule is CCCCCC(O)CCC(CO)C(=O)OCC. The summed E-state index contributed by atoms with van der Waals surface area (Å²) >= 11 is 0. The Labute approximate surface area is 104 Å². The van der Waals surface area contributed by atoms with Crippen molar-refractivity contribution >= 4 is 5.97 Å². The molecule has 0 saturated carbocycles. The lowest BCUT2D eigenvalue weighted by Gasteiger charge is -2.15. The zero-order valence-electron chi connectivity index (χ0n) is 11.0. The highest BCUT2D eigenvalue weighted by Crippen LogP contribution is 2.14. The summed E-state index contributed by atoms with van der Waals surface area (Å²) in [5, 5.41) is 18.8. The monoisotopic (exact) mass is 246 g/mol. The van der Waals surface area contributed by atoms with Crippen molar-refractivity contribution in [3.8, 4) is 0 Å². The molecule has 0 radical (unpaired) electrons. The predicted octanol–water partition coefficient (Wildman–Crippen LogP) is 1.88. The van der Waals surface area contributed by atoms with E-state index in [0.717, 1.165) is 25.7 Å². The Hall–Kier alpha value is -0.610. The Bertz CT molecular complexity index is 194. The van der Waals surface area contributed by atoms with Gasteiger partial charge >= 0.3 is 5.97 Å². The average Bonchev–Trinajstić information content (AvgIpc) is 2.30. The standard InChI is InChI=1S/C13H26O4/c1-3-5-6-7-12(15)9-8-11(10-14)13(16)17-4-2/h11-12,14-15H,3-10H2,1-2H3. The molecule has 0 aliphatic carbocycles. The van der Waals surface area contributed by atoms with Gasteiger partial charge in [0.15, 0.2) is 0 Å². The molecule has 2 N–H and O–H groups in total. The molecule has 0 aromatic rings. The first-order chi connectivity index (χ1) is 8.15. The van der Waals surface area contributed by atoms with Crippen LogP contribution < -0.4 is 0 Å². The van der Waals surface area contributed by atoms with Gasteiger partial charge in [0, 0.05) is 0 Å². The number of hydrogen-bond acceptors (Lipinski definition) is 4. The molecule has 4 heteroatoms. The maximum Gasteiger partial charge on any atom is 0.311 e. The van der Waals surface area contributed by atoms with Crippen LogP contribution in [0.3, 0.4) is 0 Å². The number of esters is 1. The molecule has 102 valence electrons. The Morgan fingerprint density at radius 3 is 2.41 bits per heavy atom. The van der Waals surface area contributed by atoms with Gasteiger partial charge in [-0.25, -0.2) is 0 Å². The highest BCUT2D eigenvalue weighted by Gasteiger charge is 2.19. The molecule has 2 atom stereocenters. The van der Waals surface area contributed by atoms with Gasteiger partial charge in [-0.1, -0.05) is 26.2 Å².